The number of carbonyl (C=O) groups is 1. The Morgan fingerprint density at radius 3 is 2.44 bits per heavy atom. The minimum absolute atomic E-state index is 0.161. The van der Waals surface area contributed by atoms with Gasteiger partial charge in [-0.25, -0.2) is 0 Å². The molecule has 3 nitrogen and oxygen atoms in total. The molecular weight excluding hydrogens is 202 g/mol. The smallest absolute Gasteiger partial charge is 0.322 e. The fraction of sp³-hybridized carbons (Fsp3) is 0.769. The maximum atomic E-state index is 11.5. The van der Waals surface area contributed by atoms with Crippen LogP contribution in [0.4, 0.5) is 0 Å². The van der Waals surface area contributed by atoms with Gasteiger partial charge in [-0.1, -0.05) is 25.5 Å². The van der Waals surface area contributed by atoms with E-state index in [0.29, 0.717) is 5.92 Å². The summed E-state index contributed by atoms with van der Waals surface area (Å²) in [4.78, 5) is 11.5. The third-order valence-electron chi connectivity index (χ3n) is 2.28. The highest BCUT2D eigenvalue weighted by molar-refractivity contribution is 5.75. The molecule has 0 rings (SSSR count). The maximum absolute atomic E-state index is 11.5. The predicted molar refractivity (Wildman–Crippen MR) is 67.3 cm³/mol. The SMILES string of the molecule is COC(=O)[C@H](CC(C)C)NCCC=C(C)C. The van der Waals surface area contributed by atoms with Crippen LogP contribution in [-0.2, 0) is 9.53 Å². The zero-order valence-corrected chi connectivity index (χ0v) is 11.2. The average molecular weight is 227 g/mol. The van der Waals surface area contributed by atoms with Crippen molar-refractivity contribution < 1.29 is 9.53 Å². The van der Waals surface area contributed by atoms with Crippen molar-refractivity contribution >= 4 is 5.97 Å². The molecule has 3 heteroatoms. The molecule has 1 atom stereocenters. The molecular formula is C13H25NO2. The van der Waals surface area contributed by atoms with Crippen molar-refractivity contribution in [1.82, 2.24) is 5.32 Å². The van der Waals surface area contributed by atoms with Gasteiger partial charge in [0.25, 0.3) is 0 Å². The average Bonchev–Trinajstić information content (AvgIpc) is 2.20. The van der Waals surface area contributed by atoms with Gasteiger partial charge in [0.05, 0.1) is 7.11 Å². The summed E-state index contributed by atoms with van der Waals surface area (Å²) in [6, 6.07) is -0.171. The molecule has 94 valence electrons. The summed E-state index contributed by atoms with van der Waals surface area (Å²) in [6.45, 7) is 9.18. The van der Waals surface area contributed by atoms with Crippen molar-refractivity contribution in [2.24, 2.45) is 5.92 Å². The summed E-state index contributed by atoms with van der Waals surface area (Å²) in [5.74, 6) is 0.325. The molecule has 0 fully saturated rings. The molecule has 16 heavy (non-hydrogen) atoms. The molecule has 0 aromatic heterocycles. The van der Waals surface area contributed by atoms with Crippen LogP contribution in [0.5, 0.6) is 0 Å². The van der Waals surface area contributed by atoms with E-state index < -0.39 is 0 Å². The largest absolute Gasteiger partial charge is 0.468 e. The second-order valence-electron chi connectivity index (χ2n) is 4.73. The van der Waals surface area contributed by atoms with E-state index in [2.05, 4.69) is 39.1 Å². The highest BCUT2D eigenvalue weighted by Crippen LogP contribution is 2.06. The quantitative estimate of drug-likeness (QED) is 0.412. The molecule has 0 heterocycles. The summed E-state index contributed by atoms with van der Waals surface area (Å²) in [7, 11) is 1.44. The number of methoxy groups -OCH3 is 1. The van der Waals surface area contributed by atoms with Gasteiger partial charge in [0, 0.05) is 0 Å². The first kappa shape index (κ1) is 15.2. The Bertz CT molecular complexity index is 230. The van der Waals surface area contributed by atoms with E-state index in [0.717, 1.165) is 19.4 Å². The monoisotopic (exact) mass is 227 g/mol. The molecule has 0 radical (unpaired) electrons. The Hall–Kier alpha value is -0.830. The number of hydrogen-bond donors (Lipinski definition) is 1. The van der Waals surface area contributed by atoms with Crippen LogP contribution in [0.3, 0.4) is 0 Å². The fourth-order valence-corrected chi connectivity index (χ4v) is 1.49. The maximum Gasteiger partial charge on any atom is 0.322 e. The van der Waals surface area contributed by atoms with Crippen molar-refractivity contribution in [3.63, 3.8) is 0 Å². The molecule has 0 aromatic rings. The van der Waals surface area contributed by atoms with Crippen molar-refractivity contribution in [3.8, 4) is 0 Å². The molecule has 0 spiro atoms. The van der Waals surface area contributed by atoms with Crippen LogP contribution in [-0.4, -0.2) is 25.7 Å². The van der Waals surface area contributed by atoms with Crippen LogP contribution in [0.1, 0.15) is 40.5 Å². The predicted octanol–water partition coefficient (Wildman–Crippen LogP) is 2.52. The molecule has 1 N–H and O–H groups in total. The second-order valence-corrected chi connectivity index (χ2v) is 4.73. The van der Waals surface area contributed by atoms with E-state index in [1.54, 1.807) is 0 Å². The lowest BCUT2D eigenvalue weighted by atomic mass is 10.0. The summed E-state index contributed by atoms with van der Waals surface area (Å²) >= 11 is 0. The van der Waals surface area contributed by atoms with Crippen LogP contribution in [0, 0.1) is 5.92 Å². The number of esters is 1. The zero-order valence-electron chi connectivity index (χ0n) is 11.2. The first-order chi connectivity index (χ1) is 7.47. The molecule has 0 aliphatic rings. The van der Waals surface area contributed by atoms with Gasteiger partial charge in [-0.3, -0.25) is 4.79 Å². The van der Waals surface area contributed by atoms with E-state index >= 15 is 0 Å². The lowest BCUT2D eigenvalue weighted by molar-refractivity contribution is -0.143. The van der Waals surface area contributed by atoms with Gasteiger partial charge in [-0.05, 0) is 39.2 Å². The molecule has 0 aliphatic carbocycles. The van der Waals surface area contributed by atoms with E-state index in [1.165, 1.54) is 12.7 Å². The van der Waals surface area contributed by atoms with Gasteiger partial charge in [0.15, 0.2) is 0 Å². The minimum Gasteiger partial charge on any atom is -0.468 e. The van der Waals surface area contributed by atoms with Gasteiger partial charge >= 0.3 is 5.97 Å². The lowest BCUT2D eigenvalue weighted by Crippen LogP contribution is -2.39. The zero-order chi connectivity index (χ0) is 12.6. The minimum atomic E-state index is -0.171. The van der Waals surface area contributed by atoms with E-state index in [4.69, 9.17) is 4.74 Å². The Balaban J connectivity index is 4.02. The lowest BCUT2D eigenvalue weighted by Gasteiger charge is -2.17. The number of carbonyl (C=O) groups excluding carboxylic acids is 1. The molecule has 0 saturated heterocycles. The third-order valence-corrected chi connectivity index (χ3v) is 2.28. The van der Waals surface area contributed by atoms with Crippen molar-refractivity contribution in [3.05, 3.63) is 11.6 Å². The summed E-state index contributed by atoms with van der Waals surface area (Å²) in [5, 5.41) is 3.24. The molecule has 0 amide bonds. The van der Waals surface area contributed by atoms with E-state index in [-0.39, 0.29) is 12.0 Å². The molecule has 0 unspecified atom stereocenters. The number of hydrogen-bond acceptors (Lipinski definition) is 3. The van der Waals surface area contributed by atoms with E-state index in [9.17, 15) is 4.79 Å². The van der Waals surface area contributed by atoms with Gasteiger partial charge in [-0.2, -0.15) is 0 Å². The molecule has 0 bridgehead atoms. The Labute approximate surface area is 99.3 Å². The molecule has 0 aromatic carbocycles. The topological polar surface area (TPSA) is 38.3 Å². The van der Waals surface area contributed by atoms with Gasteiger partial charge in [-0.15, -0.1) is 0 Å². The number of allylic oxidation sites excluding steroid dienone is 1. The van der Waals surface area contributed by atoms with Crippen LogP contribution in [0.25, 0.3) is 0 Å². The van der Waals surface area contributed by atoms with E-state index in [1.807, 2.05) is 0 Å². The van der Waals surface area contributed by atoms with Crippen LogP contribution in [0.15, 0.2) is 11.6 Å². The Morgan fingerprint density at radius 2 is 2.00 bits per heavy atom. The molecule has 0 aliphatic heterocycles. The van der Waals surface area contributed by atoms with Gasteiger partial charge in [0.2, 0.25) is 0 Å². The van der Waals surface area contributed by atoms with Crippen molar-refractivity contribution in [2.75, 3.05) is 13.7 Å². The number of nitrogens with one attached hydrogen (secondary N) is 1. The highest BCUT2D eigenvalue weighted by atomic mass is 16.5. The second kappa shape index (κ2) is 8.34. The van der Waals surface area contributed by atoms with Crippen LogP contribution in [0.2, 0.25) is 0 Å². The van der Waals surface area contributed by atoms with Crippen LogP contribution >= 0.6 is 0 Å². The Kier molecular flexibility index (Phi) is 7.90. The van der Waals surface area contributed by atoms with Crippen molar-refractivity contribution in [1.29, 1.82) is 0 Å². The molecule has 0 saturated carbocycles. The number of rotatable bonds is 7. The van der Waals surface area contributed by atoms with Gasteiger partial charge in [0.1, 0.15) is 6.04 Å². The summed E-state index contributed by atoms with van der Waals surface area (Å²) < 4.78 is 4.77. The summed E-state index contributed by atoms with van der Waals surface area (Å²) in [5.41, 5.74) is 1.31. The van der Waals surface area contributed by atoms with Crippen molar-refractivity contribution in [2.45, 2.75) is 46.6 Å². The summed E-state index contributed by atoms with van der Waals surface area (Å²) in [6.07, 6.45) is 3.94. The Morgan fingerprint density at radius 1 is 1.38 bits per heavy atom. The first-order valence-electron chi connectivity index (χ1n) is 5.92. The standard InChI is InChI=1S/C13H25NO2/c1-10(2)7-6-8-14-12(9-11(3)4)13(15)16-5/h7,11-12,14H,6,8-9H2,1-5H3/t12-/m0/s1. The highest BCUT2D eigenvalue weighted by Gasteiger charge is 2.18. The third kappa shape index (κ3) is 7.46. The first-order valence-corrected chi connectivity index (χ1v) is 5.92. The van der Waals surface area contributed by atoms with Crippen LogP contribution < -0.4 is 5.32 Å². The fourth-order valence-electron chi connectivity index (χ4n) is 1.49. The normalized spacial score (nSPS) is 12.4. The van der Waals surface area contributed by atoms with Gasteiger partial charge < -0.3 is 10.1 Å². The number of ether oxygens (including phenoxy) is 1.